The van der Waals surface area contributed by atoms with Gasteiger partial charge in [0.05, 0.1) is 12.7 Å². The molecule has 0 spiro atoms. The molecule has 0 saturated carbocycles. The highest BCUT2D eigenvalue weighted by Crippen LogP contribution is 2.17. The zero-order valence-electron chi connectivity index (χ0n) is 14.6. The summed E-state index contributed by atoms with van der Waals surface area (Å²) in [5.41, 5.74) is 1.38. The molecule has 2 aromatic rings. The van der Waals surface area contributed by atoms with Gasteiger partial charge >= 0.3 is 0 Å². The Morgan fingerprint density at radius 3 is 2.52 bits per heavy atom. The summed E-state index contributed by atoms with van der Waals surface area (Å²) in [5.74, 6) is 1.23. The molecule has 1 aliphatic heterocycles. The topological polar surface area (TPSA) is 70.6 Å². The molecule has 3 rings (SSSR count). The standard InChI is InChI=1S/C18H23N5O2/c1-22-7-9-23(10-8-22)18-20-12-15(13-21-18)17(24)19-11-14-5-3-4-6-16(14)25-2/h3-6,12-13H,7-11H2,1-2H3,(H,19,24). The number of rotatable bonds is 5. The Morgan fingerprint density at radius 2 is 1.84 bits per heavy atom. The van der Waals surface area contributed by atoms with Gasteiger partial charge in [-0.15, -0.1) is 0 Å². The third-order valence-corrected chi connectivity index (χ3v) is 4.32. The van der Waals surface area contributed by atoms with Crippen molar-refractivity contribution in [2.24, 2.45) is 0 Å². The molecule has 1 fully saturated rings. The number of nitrogens with one attached hydrogen (secondary N) is 1. The van der Waals surface area contributed by atoms with Crippen LogP contribution in [0.4, 0.5) is 5.95 Å². The molecule has 132 valence electrons. The van der Waals surface area contributed by atoms with Gasteiger partial charge in [0, 0.05) is 50.7 Å². The van der Waals surface area contributed by atoms with E-state index in [0.29, 0.717) is 18.1 Å². The van der Waals surface area contributed by atoms with Gasteiger partial charge in [0.25, 0.3) is 5.91 Å². The third-order valence-electron chi connectivity index (χ3n) is 4.32. The minimum atomic E-state index is -0.198. The third kappa shape index (κ3) is 4.24. The van der Waals surface area contributed by atoms with Gasteiger partial charge in [-0.1, -0.05) is 18.2 Å². The predicted molar refractivity (Wildman–Crippen MR) is 95.9 cm³/mol. The number of likely N-dealkylation sites (N-methyl/N-ethyl adjacent to an activating group) is 1. The molecule has 0 radical (unpaired) electrons. The summed E-state index contributed by atoms with van der Waals surface area (Å²) < 4.78 is 5.29. The van der Waals surface area contributed by atoms with Crippen molar-refractivity contribution in [1.82, 2.24) is 20.2 Å². The van der Waals surface area contributed by atoms with Crippen molar-refractivity contribution < 1.29 is 9.53 Å². The first-order chi connectivity index (χ1) is 12.2. The normalized spacial score (nSPS) is 15.0. The van der Waals surface area contributed by atoms with Crippen molar-refractivity contribution in [1.29, 1.82) is 0 Å². The second-order valence-corrected chi connectivity index (χ2v) is 6.06. The van der Waals surface area contributed by atoms with Crippen LogP contribution in [0.15, 0.2) is 36.7 Å². The van der Waals surface area contributed by atoms with Crippen molar-refractivity contribution in [3.05, 3.63) is 47.8 Å². The largest absolute Gasteiger partial charge is 0.496 e. The van der Waals surface area contributed by atoms with Crippen LogP contribution < -0.4 is 15.0 Å². The summed E-state index contributed by atoms with van der Waals surface area (Å²) in [6.45, 7) is 4.17. The summed E-state index contributed by atoms with van der Waals surface area (Å²) in [6.07, 6.45) is 3.16. The molecule has 1 saturated heterocycles. The number of ether oxygens (including phenoxy) is 1. The Morgan fingerprint density at radius 1 is 1.16 bits per heavy atom. The van der Waals surface area contributed by atoms with E-state index < -0.39 is 0 Å². The van der Waals surface area contributed by atoms with Crippen molar-refractivity contribution in [3.63, 3.8) is 0 Å². The summed E-state index contributed by atoms with van der Waals surface area (Å²) in [6, 6.07) is 7.61. The van der Waals surface area contributed by atoms with E-state index in [2.05, 4.69) is 32.1 Å². The number of piperazine rings is 1. The molecule has 1 N–H and O–H groups in total. The molecule has 1 aromatic heterocycles. The van der Waals surface area contributed by atoms with Gasteiger partial charge in [-0.3, -0.25) is 4.79 Å². The maximum atomic E-state index is 12.3. The average Bonchev–Trinajstić information content (AvgIpc) is 2.67. The summed E-state index contributed by atoms with van der Waals surface area (Å²) in [7, 11) is 3.72. The highest BCUT2D eigenvalue weighted by Gasteiger charge is 2.17. The molecule has 1 aromatic carbocycles. The summed E-state index contributed by atoms with van der Waals surface area (Å²) in [5, 5.41) is 2.88. The molecular formula is C18H23N5O2. The lowest BCUT2D eigenvalue weighted by atomic mass is 10.2. The van der Waals surface area contributed by atoms with Crippen LogP contribution in [0, 0.1) is 0 Å². The van der Waals surface area contributed by atoms with Gasteiger partial charge in [-0.05, 0) is 13.1 Å². The Balaban J connectivity index is 1.59. The zero-order chi connectivity index (χ0) is 17.6. The van der Waals surface area contributed by atoms with E-state index in [0.717, 1.165) is 37.5 Å². The number of hydrogen-bond acceptors (Lipinski definition) is 6. The van der Waals surface area contributed by atoms with Gasteiger partial charge < -0.3 is 19.9 Å². The lowest BCUT2D eigenvalue weighted by molar-refractivity contribution is 0.0950. The highest BCUT2D eigenvalue weighted by atomic mass is 16.5. The number of methoxy groups -OCH3 is 1. The van der Waals surface area contributed by atoms with Crippen LogP contribution >= 0.6 is 0 Å². The fraction of sp³-hybridized carbons (Fsp3) is 0.389. The van der Waals surface area contributed by atoms with Crippen LogP contribution in [0.3, 0.4) is 0 Å². The number of carbonyl (C=O) groups excluding carboxylic acids is 1. The molecule has 7 heteroatoms. The van der Waals surface area contributed by atoms with Crippen molar-refractivity contribution in [2.75, 3.05) is 45.2 Å². The lowest BCUT2D eigenvalue weighted by Crippen LogP contribution is -2.45. The van der Waals surface area contributed by atoms with Crippen molar-refractivity contribution in [3.8, 4) is 5.75 Å². The number of para-hydroxylation sites is 1. The van der Waals surface area contributed by atoms with Crippen LogP contribution in [0.25, 0.3) is 0 Å². The maximum Gasteiger partial charge on any atom is 0.254 e. The summed E-state index contributed by atoms with van der Waals surface area (Å²) >= 11 is 0. The second-order valence-electron chi connectivity index (χ2n) is 6.06. The first kappa shape index (κ1) is 17.2. The number of hydrogen-bond donors (Lipinski definition) is 1. The molecule has 0 atom stereocenters. The Hall–Kier alpha value is -2.67. The van der Waals surface area contributed by atoms with Gasteiger partial charge in [-0.25, -0.2) is 9.97 Å². The maximum absolute atomic E-state index is 12.3. The lowest BCUT2D eigenvalue weighted by Gasteiger charge is -2.32. The Kier molecular flexibility index (Phi) is 5.45. The Bertz CT molecular complexity index is 712. The van der Waals surface area contributed by atoms with E-state index in [1.54, 1.807) is 19.5 Å². The Labute approximate surface area is 147 Å². The van der Waals surface area contributed by atoms with Crippen LogP contribution in [-0.2, 0) is 6.54 Å². The number of benzene rings is 1. The molecule has 0 aliphatic carbocycles. The number of amides is 1. The van der Waals surface area contributed by atoms with Crippen molar-refractivity contribution >= 4 is 11.9 Å². The second kappa shape index (κ2) is 7.94. The van der Waals surface area contributed by atoms with E-state index >= 15 is 0 Å². The number of aromatic nitrogens is 2. The molecule has 1 aliphatic rings. The molecule has 2 heterocycles. The van der Waals surface area contributed by atoms with Crippen molar-refractivity contribution in [2.45, 2.75) is 6.54 Å². The molecular weight excluding hydrogens is 318 g/mol. The first-order valence-electron chi connectivity index (χ1n) is 8.33. The fourth-order valence-corrected chi connectivity index (χ4v) is 2.73. The van der Waals surface area contributed by atoms with Gasteiger partial charge in [0.1, 0.15) is 5.75 Å². The highest BCUT2D eigenvalue weighted by molar-refractivity contribution is 5.93. The summed E-state index contributed by atoms with van der Waals surface area (Å²) in [4.78, 5) is 25.4. The predicted octanol–water partition coefficient (Wildman–Crippen LogP) is 1.17. The average molecular weight is 341 g/mol. The smallest absolute Gasteiger partial charge is 0.254 e. The number of anilines is 1. The van der Waals surface area contributed by atoms with Crippen LogP contribution in [-0.4, -0.2) is 61.1 Å². The van der Waals surface area contributed by atoms with E-state index in [1.807, 2.05) is 24.3 Å². The molecule has 0 bridgehead atoms. The van der Waals surface area contributed by atoms with Gasteiger partial charge in [0.2, 0.25) is 5.95 Å². The number of carbonyl (C=O) groups is 1. The van der Waals surface area contributed by atoms with E-state index in [-0.39, 0.29) is 5.91 Å². The van der Waals surface area contributed by atoms with E-state index in [4.69, 9.17) is 4.74 Å². The number of nitrogens with zero attached hydrogens (tertiary/aromatic N) is 4. The molecule has 0 unspecified atom stereocenters. The minimum Gasteiger partial charge on any atom is -0.496 e. The SMILES string of the molecule is COc1ccccc1CNC(=O)c1cnc(N2CCN(C)CC2)nc1. The molecule has 25 heavy (non-hydrogen) atoms. The minimum absolute atomic E-state index is 0.198. The first-order valence-corrected chi connectivity index (χ1v) is 8.33. The monoisotopic (exact) mass is 341 g/mol. The van der Waals surface area contributed by atoms with Gasteiger partial charge in [0.15, 0.2) is 0 Å². The van der Waals surface area contributed by atoms with E-state index in [1.165, 1.54) is 0 Å². The van der Waals surface area contributed by atoms with Crippen LogP contribution in [0.5, 0.6) is 5.75 Å². The van der Waals surface area contributed by atoms with Gasteiger partial charge in [-0.2, -0.15) is 0 Å². The molecule has 7 nitrogen and oxygen atoms in total. The molecule has 1 amide bonds. The van der Waals surface area contributed by atoms with Crippen LogP contribution in [0.1, 0.15) is 15.9 Å². The zero-order valence-corrected chi connectivity index (χ0v) is 14.6. The van der Waals surface area contributed by atoms with Crippen LogP contribution in [0.2, 0.25) is 0 Å². The fourth-order valence-electron chi connectivity index (χ4n) is 2.73. The quantitative estimate of drug-likeness (QED) is 0.880. The van der Waals surface area contributed by atoms with E-state index in [9.17, 15) is 4.79 Å².